The highest BCUT2D eigenvalue weighted by Gasteiger charge is 2.19. The summed E-state index contributed by atoms with van der Waals surface area (Å²) in [5, 5.41) is 6.29. The summed E-state index contributed by atoms with van der Waals surface area (Å²) < 4.78 is 4.97. The topological polar surface area (TPSA) is 50.4 Å². The summed E-state index contributed by atoms with van der Waals surface area (Å²) in [6.45, 7) is 3.59. The molecule has 4 heteroatoms. The van der Waals surface area contributed by atoms with E-state index >= 15 is 0 Å². The average Bonchev–Trinajstić information content (AvgIpc) is 2.34. The molecular weight excluding hydrogens is 204 g/mol. The molecule has 0 aliphatic carbocycles. The van der Waals surface area contributed by atoms with Gasteiger partial charge in [-0.05, 0) is 45.2 Å². The maximum absolute atomic E-state index is 11.7. The second kappa shape index (κ2) is 8.53. The minimum Gasteiger partial charge on any atom is -0.385 e. The van der Waals surface area contributed by atoms with Gasteiger partial charge in [0.25, 0.3) is 0 Å². The SMILES string of the molecule is COCCCCCNC(=O)C1CCNCC1. The molecule has 0 bridgehead atoms. The molecule has 1 heterocycles. The molecule has 0 unspecified atom stereocenters. The molecule has 0 aromatic rings. The highest BCUT2D eigenvalue weighted by atomic mass is 16.5. The number of carbonyl (C=O) groups is 1. The van der Waals surface area contributed by atoms with Crippen molar-refractivity contribution in [1.82, 2.24) is 10.6 Å². The van der Waals surface area contributed by atoms with Crippen molar-refractivity contribution in [3.05, 3.63) is 0 Å². The summed E-state index contributed by atoms with van der Waals surface area (Å²) in [5.41, 5.74) is 0. The Morgan fingerprint density at radius 3 is 2.75 bits per heavy atom. The maximum atomic E-state index is 11.7. The van der Waals surface area contributed by atoms with Gasteiger partial charge in [0, 0.05) is 26.2 Å². The molecule has 0 radical (unpaired) electrons. The second-order valence-electron chi connectivity index (χ2n) is 4.37. The number of methoxy groups -OCH3 is 1. The highest BCUT2D eigenvalue weighted by Crippen LogP contribution is 2.11. The molecule has 0 aromatic heterocycles. The van der Waals surface area contributed by atoms with Crippen LogP contribution in [0.3, 0.4) is 0 Å². The van der Waals surface area contributed by atoms with E-state index in [2.05, 4.69) is 10.6 Å². The minimum absolute atomic E-state index is 0.236. The van der Waals surface area contributed by atoms with Gasteiger partial charge >= 0.3 is 0 Å². The number of hydrogen-bond acceptors (Lipinski definition) is 3. The first-order valence-electron chi connectivity index (χ1n) is 6.32. The Balaban J connectivity index is 1.97. The van der Waals surface area contributed by atoms with Crippen molar-refractivity contribution in [3.8, 4) is 0 Å². The number of rotatable bonds is 7. The van der Waals surface area contributed by atoms with E-state index < -0.39 is 0 Å². The molecule has 1 amide bonds. The van der Waals surface area contributed by atoms with Crippen LogP contribution in [0.25, 0.3) is 0 Å². The number of carbonyl (C=O) groups excluding carboxylic acids is 1. The summed E-state index contributed by atoms with van der Waals surface area (Å²) in [4.78, 5) is 11.7. The molecule has 1 rings (SSSR count). The van der Waals surface area contributed by atoms with Crippen LogP contribution in [0.2, 0.25) is 0 Å². The van der Waals surface area contributed by atoms with Crippen molar-refractivity contribution in [2.75, 3.05) is 33.4 Å². The first kappa shape index (κ1) is 13.5. The summed E-state index contributed by atoms with van der Waals surface area (Å²) in [6.07, 6.45) is 5.23. The number of ether oxygens (including phenoxy) is 1. The van der Waals surface area contributed by atoms with Crippen molar-refractivity contribution in [2.45, 2.75) is 32.1 Å². The van der Waals surface area contributed by atoms with Crippen molar-refractivity contribution in [3.63, 3.8) is 0 Å². The monoisotopic (exact) mass is 228 g/mol. The van der Waals surface area contributed by atoms with Gasteiger partial charge < -0.3 is 15.4 Å². The summed E-state index contributed by atoms with van der Waals surface area (Å²) >= 11 is 0. The Hall–Kier alpha value is -0.610. The highest BCUT2D eigenvalue weighted by molar-refractivity contribution is 5.78. The van der Waals surface area contributed by atoms with E-state index in [9.17, 15) is 4.79 Å². The molecule has 4 nitrogen and oxygen atoms in total. The van der Waals surface area contributed by atoms with Crippen LogP contribution >= 0.6 is 0 Å². The van der Waals surface area contributed by atoms with Crippen LogP contribution in [-0.2, 0) is 9.53 Å². The lowest BCUT2D eigenvalue weighted by Gasteiger charge is -2.21. The summed E-state index contributed by atoms with van der Waals surface area (Å²) in [7, 11) is 1.72. The molecule has 1 saturated heterocycles. The van der Waals surface area contributed by atoms with Crippen molar-refractivity contribution >= 4 is 5.91 Å². The van der Waals surface area contributed by atoms with Crippen LogP contribution < -0.4 is 10.6 Å². The van der Waals surface area contributed by atoms with Crippen LogP contribution in [0.15, 0.2) is 0 Å². The van der Waals surface area contributed by atoms with Gasteiger partial charge in [0.15, 0.2) is 0 Å². The third-order valence-electron chi connectivity index (χ3n) is 3.03. The molecule has 0 saturated carbocycles. The molecule has 1 aliphatic heterocycles. The quantitative estimate of drug-likeness (QED) is 0.637. The van der Waals surface area contributed by atoms with Crippen LogP contribution in [0.1, 0.15) is 32.1 Å². The third-order valence-corrected chi connectivity index (χ3v) is 3.03. The Morgan fingerprint density at radius 1 is 1.31 bits per heavy atom. The fourth-order valence-electron chi connectivity index (χ4n) is 1.99. The smallest absolute Gasteiger partial charge is 0.223 e. The molecular formula is C12H24N2O2. The predicted octanol–water partition coefficient (Wildman–Crippen LogP) is 0.919. The molecule has 2 N–H and O–H groups in total. The predicted molar refractivity (Wildman–Crippen MR) is 64.3 cm³/mol. The normalized spacial score (nSPS) is 17.3. The number of unbranched alkanes of at least 4 members (excludes halogenated alkanes) is 2. The molecule has 1 aliphatic rings. The van der Waals surface area contributed by atoms with Gasteiger partial charge in [-0.25, -0.2) is 0 Å². The van der Waals surface area contributed by atoms with Gasteiger partial charge in [0.05, 0.1) is 0 Å². The van der Waals surface area contributed by atoms with Gasteiger partial charge in [-0.15, -0.1) is 0 Å². The summed E-state index contributed by atoms with van der Waals surface area (Å²) in [5.74, 6) is 0.480. The third kappa shape index (κ3) is 5.47. The maximum Gasteiger partial charge on any atom is 0.223 e. The van der Waals surface area contributed by atoms with Crippen molar-refractivity contribution in [2.24, 2.45) is 5.92 Å². The number of nitrogens with one attached hydrogen (secondary N) is 2. The average molecular weight is 228 g/mol. The van der Waals surface area contributed by atoms with E-state index in [1.165, 1.54) is 0 Å². The van der Waals surface area contributed by atoms with Crippen LogP contribution in [0.5, 0.6) is 0 Å². The first-order valence-corrected chi connectivity index (χ1v) is 6.32. The molecule has 94 valence electrons. The zero-order valence-electron chi connectivity index (χ0n) is 10.3. The van der Waals surface area contributed by atoms with Gasteiger partial charge in [0.2, 0.25) is 5.91 Å². The van der Waals surface area contributed by atoms with Gasteiger partial charge in [0.1, 0.15) is 0 Å². The van der Waals surface area contributed by atoms with Crippen LogP contribution in [-0.4, -0.2) is 39.3 Å². The lowest BCUT2D eigenvalue weighted by Crippen LogP contribution is -2.38. The lowest BCUT2D eigenvalue weighted by molar-refractivity contribution is -0.125. The first-order chi connectivity index (χ1) is 7.84. The van der Waals surface area contributed by atoms with E-state index in [0.717, 1.165) is 58.3 Å². The number of piperidine rings is 1. The molecule has 0 spiro atoms. The second-order valence-corrected chi connectivity index (χ2v) is 4.37. The lowest BCUT2D eigenvalue weighted by atomic mass is 9.97. The largest absolute Gasteiger partial charge is 0.385 e. The summed E-state index contributed by atoms with van der Waals surface area (Å²) in [6, 6.07) is 0. The Bertz CT molecular complexity index is 191. The van der Waals surface area contributed by atoms with Crippen molar-refractivity contribution < 1.29 is 9.53 Å². The molecule has 0 aromatic carbocycles. The van der Waals surface area contributed by atoms with Gasteiger partial charge in [-0.2, -0.15) is 0 Å². The Kier molecular flexibility index (Phi) is 7.17. The minimum atomic E-state index is 0.236. The fraction of sp³-hybridized carbons (Fsp3) is 0.917. The van der Waals surface area contributed by atoms with Crippen molar-refractivity contribution in [1.29, 1.82) is 0 Å². The van der Waals surface area contributed by atoms with E-state index in [1.54, 1.807) is 7.11 Å². The van der Waals surface area contributed by atoms with E-state index in [4.69, 9.17) is 4.74 Å². The van der Waals surface area contributed by atoms with E-state index in [1.807, 2.05) is 0 Å². The number of amides is 1. The molecule has 1 fully saturated rings. The van der Waals surface area contributed by atoms with Gasteiger partial charge in [-0.3, -0.25) is 4.79 Å². The zero-order chi connectivity index (χ0) is 11.6. The Labute approximate surface area is 98.1 Å². The standard InChI is InChI=1S/C12H24N2O2/c1-16-10-4-2-3-7-14-12(15)11-5-8-13-9-6-11/h11,13H,2-10H2,1H3,(H,14,15). The fourth-order valence-corrected chi connectivity index (χ4v) is 1.99. The van der Waals surface area contributed by atoms with E-state index in [0.29, 0.717) is 0 Å². The molecule has 0 atom stereocenters. The van der Waals surface area contributed by atoms with E-state index in [-0.39, 0.29) is 11.8 Å². The van der Waals surface area contributed by atoms with Crippen LogP contribution in [0.4, 0.5) is 0 Å². The van der Waals surface area contributed by atoms with Gasteiger partial charge in [-0.1, -0.05) is 0 Å². The molecule has 16 heavy (non-hydrogen) atoms. The number of hydrogen-bond donors (Lipinski definition) is 2. The van der Waals surface area contributed by atoms with Crippen LogP contribution in [0, 0.1) is 5.92 Å². The Morgan fingerprint density at radius 2 is 2.06 bits per heavy atom. The zero-order valence-corrected chi connectivity index (χ0v) is 10.3.